The van der Waals surface area contributed by atoms with Crippen LogP contribution in [0.2, 0.25) is 0 Å². The van der Waals surface area contributed by atoms with E-state index in [4.69, 9.17) is 23.2 Å². The van der Waals surface area contributed by atoms with Gasteiger partial charge in [0, 0.05) is 12.6 Å². The summed E-state index contributed by atoms with van der Waals surface area (Å²) in [6.07, 6.45) is 2.30. The molecule has 23 heavy (non-hydrogen) atoms. The molecule has 124 valence electrons. The Kier molecular flexibility index (Phi) is 3.25. The summed E-state index contributed by atoms with van der Waals surface area (Å²) in [5.41, 5.74) is 2.48. The predicted molar refractivity (Wildman–Crippen MR) is 91.0 cm³/mol. The number of amides is 1. The molecule has 1 saturated carbocycles. The van der Waals surface area contributed by atoms with Crippen molar-refractivity contribution in [3.63, 3.8) is 0 Å². The number of piperidine rings is 1. The molecule has 0 radical (unpaired) electrons. The van der Waals surface area contributed by atoms with E-state index < -0.39 is 4.33 Å². The van der Waals surface area contributed by atoms with Gasteiger partial charge in [-0.15, -0.1) is 23.2 Å². The van der Waals surface area contributed by atoms with E-state index in [0.717, 1.165) is 19.4 Å². The van der Waals surface area contributed by atoms with Crippen LogP contribution in [0.15, 0.2) is 18.2 Å². The molecule has 1 aromatic rings. The van der Waals surface area contributed by atoms with Crippen LogP contribution >= 0.6 is 23.2 Å². The second kappa shape index (κ2) is 4.80. The van der Waals surface area contributed by atoms with Gasteiger partial charge in [-0.1, -0.05) is 19.9 Å². The molecule has 3 aliphatic rings. The predicted octanol–water partition coefficient (Wildman–Crippen LogP) is 3.64. The van der Waals surface area contributed by atoms with Crippen LogP contribution in [0, 0.1) is 11.8 Å². The largest absolute Gasteiger partial charge is 0.508 e. The van der Waals surface area contributed by atoms with Crippen LogP contribution in [0.25, 0.3) is 0 Å². The topological polar surface area (TPSA) is 40.5 Å². The monoisotopic (exact) mass is 353 g/mol. The lowest BCUT2D eigenvalue weighted by Gasteiger charge is -2.54. The smallest absolute Gasteiger partial charge is 0.229 e. The molecule has 0 spiro atoms. The van der Waals surface area contributed by atoms with Crippen LogP contribution in [0.3, 0.4) is 0 Å². The third-order valence-electron chi connectivity index (χ3n) is 6.40. The molecule has 1 aromatic carbocycles. The van der Waals surface area contributed by atoms with E-state index in [0.29, 0.717) is 18.1 Å². The summed E-state index contributed by atoms with van der Waals surface area (Å²) >= 11 is 12.2. The highest BCUT2D eigenvalue weighted by Gasteiger charge is 2.60. The van der Waals surface area contributed by atoms with E-state index in [9.17, 15) is 9.90 Å². The number of aromatic hydroxyl groups is 1. The van der Waals surface area contributed by atoms with Crippen molar-refractivity contribution in [2.24, 2.45) is 11.8 Å². The number of hydrogen-bond donors (Lipinski definition) is 1. The quantitative estimate of drug-likeness (QED) is 0.783. The van der Waals surface area contributed by atoms with Crippen molar-refractivity contribution in [3.05, 3.63) is 29.3 Å². The van der Waals surface area contributed by atoms with Crippen molar-refractivity contribution >= 4 is 29.1 Å². The Balaban J connectivity index is 1.69. The molecule has 4 atom stereocenters. The van der Waals surface area contributed by atoms with Crippen molar-refractivity contribution in [2.75, 3.05) is 6.54 Å². The Morgan fingerprint density at radius 1 is 1.39 bits per heavy atom. The van der Waals surface area contributed by atoms with E-state index in [1.807, 2.05) is 17.0 Å². The number of fused-ring (bicyclic) bond motifs is 4. The van der Waals surface area contributed by atoms with Crippen LogP contribution in [0.5, 0.6) is 5.75 Å². The van der Waals surface area contributed by atoms with Crippen LogP contribution in [0.4, 0.5) is 0 Å². The SMILES string of the molecule is C[C@@H]1[C@H]2Cc3ccc(O)cc3[C@]1(C)CCN2C(=O)C1CC1(Cl)Cl. The van der Waals surface area contributed by atoms with Crippen LogP contribution in [-0.4, -0.2) is 32.8 Å². The maximum atomic E-state index is 12.8. The van der Waals surface area contributed by atoms with E-state index in [2.05, 4.69) is 13.8 Å². The molecule has 1 aliphatic heterocycles. The number of phenolic OH excluding ortho intramolecular Hbond substituents is 1. The molecule has 1 heterocycles. The summed E-state index contributed by atoms with van der Waals surface area (Å²) in [5.74, 6) is 0.522. The minimum Gasteiger partial charge on any atom is -0.508 e. The van der Waals surface area contributed by atoms with Gasteiger partial charge in [0.25, 0.3) is 0 Å². The van der Waals surface area contributed by atoms with Crippen molar-refractivity contribution in [3.8, 4) is 5.75 Å². The molecule has 3 nitrogen and oxygen atoms in total. The number of benzene rings is 1. The standard InChI is InChI=1S/C18H21Cl2NO2/c1-10-15-7-11-3-4-12(22)8-13(11)17(10,2)5-6-21(15)16(23)14-9-18(14,19)20/h3-4,8,10,14-15,22H,5-7,9H2,1-2H3/t10-,14?,15-,17-/m1/s1. The first-order valence-corrected chi connectivity index (χ1v) is 9.00. The molecule has 0 aromatic heterocycles. The molecular formula is C18H21Cl2NO2. The lowest BCUT2D eigenvalue weighted by atomic mass is 9.59. The van der Waals surface area contributed by atoms with Gasteiger partial charge in [-0.05, 0) is 53.9 Å². The molecule has 2 bridgehead atoms. The Morgan fingerprint density at radius 3 is 2.74 bits per heavy atom. The maximum absolute atomic E-state index is 12.8. The molecule has 1 N–H and O–H groups in total. The zero-order valence-electron chi connectivity index (χ0n) is 13.4. The van der Waals surface area contributed by atoms with Crippen molar-refractivity contribution in [2.45, 2.75) is 48.9 Å². The maximum Gasteiger partial charge on any atom is 0.229 e. The lowest BCUT2D eigenvalue weighted by molar-refractivity contribution is -0.140. The summed E-state index contributed by atoms with van der Waals surface area (Å²) in [6.45, 7) is 5.22. The summed E-state index contributed by atoms with van der Waals surface area (Å²) < 4.78 is -0.862. The van der Waals surface area contributed by atoms with E-state index in [1.165, 1.54) is 11.1 Å². The summed E-state index contributed by atoms with van der Waals surface area (Å²) in [7, 11) is 0. The molecule has 2 aliphatic carbocycles. The molecule has 1 amide bonds. The van der Waals surface area contributed by atoms with Crippen molar-refractivity contribution in [1.29, 1.82) is 0 Å². The van der Waals surface area contributed by atoms with Gasteiger partial charge in [0.15, 0.2) is 0 Å². The van der Waals surface area contributed by atoms with E-state index >= 15 is 0 Å². The summed E-state index contributed by atoms with van der Waals surface area (Å²) in [6, 6.07) is 5.83. The third kappa shape index (κ3) is 2.20. The molecular weight excluding hydrogens is 333 g/mol. The second-order valence-corrected chi connectivity index (χ2v) is 9.16. The van der Waals surface area contributed by atoms with Gasteiger partial charge in [-0.3, -0.25) is 4.79 Å². The number of rotatable bonds is 1. The zero-order valence-corrected chi connectivity index (χ0v) is 14.9. The first-order chi connectivity index (χ1) is 10.7. The molecule has 2 fully saturated rings. The Labute approximate surface area is 146 Å². The van der Waals surface area contributed by atoms with Gasteiger partial charge in [0.1, 0.15) is 10.1 Å². The number of halogens is 2. The summed E-state index contributed by atoms with van der Waals surface area (Å²) in [5, 5.41) is 9.87. The van der Waals surface area contributed by atoms with Crippen LogP contribution < -0.4 is 0 Å². The fourth-order valence-corrected chi connectivity index (χ4v) is 5.06. The van der Waals surface area contributed by atoms with Crippen molar-refractivity contribution < 1.29 is 9.90 Å². The zero-order chi connectivity index (χ0) is 16.6. The second-order valence-electron chi connectivity index (χ2n) is 7.62. The number of alkyl halides is 2. The normalized spacial score (nSPS) is 37.2. The van der Waals surface area contributed by atoms with Crippen LogP contribution in [0.1, 0.15) is 37.8 Å². The fraction of sp³-hybridized carbons (Fsp3) is 0.611. The van der Waals surface area contributed by atoms with E-state index in [1.54, 1.807) is 6.07 Å². The van der Waals surface area contributed by atoms with Crippen LogP contribution in [-0.2, 0) is 16.6 Å². The third-order valence-corrected chi connectivity index (χ3v) is 7.23. The minimum atomic E-state index is -0.862. The van der Waals surface area contributed by atoms with Gasteiger partial charge >= 0.3 is 0 Å². The first-order valence-electron chi connectivity index (χ1n) is 8.25. The number of nitrogens with zero attached hydrogens (tertiary/aromatic N) is 1. The highest BCUT2D eigenvalue weighted by Crippen LogP contribution is 2.56. The number of hydrogen-bond acceptors (Lipinski definition) is 2. The fourth-order valence-electron chi connectivity index (χ4n) is 4.56. The van der Waals surface area contributed by atoms with E-state index in [-0.39, 0.29) is 23.3 Å². The number of likely N-dealkylation sites (tertiary alicyclic amines) is 1. The molecule has 1 unspecified atom stereocenters. The average molecular weight is 354 g/mol. The van der Waals surface area contributed by atoms with Gasteiger partial charge in [0.2, 0.25) is 5.91 Å². The number of carbonyl (C=O) groups excluding carboxylic acids is 1. The summed E-state index contributed by atoms with van der Waals surface area (Å²) in [4.78, 5) is 14.8. The van der Waals surface area contributed by atoms with Gasteiger partial charge < -0.3 is 10.0 Å². The van der Waals surface area contributed by atoms with Crippen molar-refractivity contribution in [1.82, 2.24) is 4.90 Å². The average Bonchev–Trinajstić information content (AvgIpc) is 3.12. The molecule has 4 rings (SSSR count). The minimum absolute atomic E-state index is 0.00363. The first kappa shape index (κ1) is 15.6. The highest BCUT2D eigenvalue weighted by molar-refractivity contribution is 6.52. The lowest BCUT2D eigenvalue weighted by Crippen LogP contribution is -2.60. The Hall–Kier alpha value is -0.930. The highest BCUT2D eigenvalue weighted by atomic mass is 35.5. The Morgan fingerprint density at radius 2 is 2.09 bits per heavy atom. The number of carbonyl (C=O) groups is 1. The Bertz CT molecular complexity index is 690. The van der Waals surface area contributed by atoms with Gasteiger partial charge in [0.05, 0.1) is 5.92 Å². The molecule has 1 saturated heterocycles. The molecule has 5 heteroatoms. The van der Waals surface area contributed by atoms with Gasteiger partial charge in [-0.25, -0.2) is 0 Å². The number of phenols is 1. The van der Waals surface area contributed by atoms with Gasteiger partial charge in [-0.2, -0.15) is 0 Å².